The molecule has 1 atom stereocenters. The smallest absolute Gasteiger partial charge is 0.123 e. The van der Waals surface area contributed by atoms with Crippen molar-refractivity contribution in [2.24, 2.45) is 0 Å². The summed E-state index contributed by atoms with van der Waals surface area (Å²) in [5, 5.41) is 4.48. The third kappa shape index (κ3) is 4.05. The number of imidazole rings is 1. The maximum atomic E-state index is 4.65. The van der Waals surface area contributed by atoms with Crippen molar-refractivity contribution in [1.82, 2.24) is 24.2 Å². The number of rotatable bonds is 6. The van der Waals surface area contributed by atoms with Crippen molar-refractivity contribution in [3.63, 3.8) is 0 Å². The maximum Gasteiger partial charge on any atom is 0.123 e. The van der Waals surface area contributed by atoms with E-state index in [2.05, 4.69) is 73.9 Å². The second-order valence-electron chi connectivity index (χ2n) is 7.32. The molecule has 136 valence electrons. The van der Waals surface area contributed by atoms with Crippen molar-refractivity contribution >= 4 is 0 Å². The van der Waals surface area contributed by atoms with Crippen LogP contribution in [-0.4, -0.2) is 36.8 Å². The lowest BCUT2D eigenvalue weighted by molar-refractivity contribution is 0.117. The van der Waals surface area contributed by atoms with Gasteiger partial charge in [-0.05, 0) is 37.4 Å². The van der Waals surface area contributed by atoms with E-state index in [0.717, 1.165) is 32.0 Å². The Balaban J connectivity index is 1.46. The van der Waals surface area contributed by atoms with Crippen LogP contribution in [0, 0.1) is 6.92 Å². The third-order valence-corrected chi connectivity index (χ3v) is 5.25. The van der Waals surface area contributed by atoms with E-state index < -0.39 is 0 Å². The summed E-state index contributed by atoms with van der Waals surface area (Å²) in [6, 6.07) is 11.1. The van der Waals surface area contributed by atoms with Crippen molar-refractivity contribution < 1.29 is 0 Å². The molecule has 1 aromatic carbocycles. The summed E-state index contributed by atoms with van der Waals surface area (Å²) in [5.74, 6) is 1.15. The molecule has 1 aliphatic rings. The van der Waals surface area contributed by atoms with Crippen LogP contribution in [0.1, 0.15) is 36.2 Å². The van der Waals surface area contributed by atoms with Gasteiger partial charge in [-0.3, -0.25) is 9.58 Å². The Morgan fingerprint density at radius 2 is 2.00 bits per heavy atom. The Bertz CT molecular complexity index is 820. The Kier molecular flexibility index (Phi) is 5.16. The minimum atomic E-state index is 0.532. The predicted octanol–water partition coefficient (Wildman–Crippen LogP) is 3.49. The van der Waals surface area contributed by atoms with Crippen molar-refractivity contribution in [3.8, 4) is 0 Å². The number of nitrogens with zero attached hydrogens (tertiary/aromatic N) is 5. The van der Waals surface area contributed by atoms with Crippen molar-refractivity contribution in [1.29, 1.82) is 0 Å². The number of aryl methyl sites for hydroxylation is 1. The van der Waals surface area contributed by atoms with Crippen LogP contribution in [0.2, 0.25) is 0 Å². The van der Waals surface area contributed by atoms with Gasteiger partial charge in [0.1, 0.15) is 5.82 Å². The van der Waals surface area contributed by atoms with Crippen LogP contribution in [0.5, 0.6) is 0 Å². The lowest BCUT2D eigenvalue weighted by Crippen LogP contribution is -2.42. The monoisotopic (exact) mass is 349 g/mol. The molecule has 0 amide bonds. The molecule has 0 N–H and O–H groups in total. The first-order valence-electron chi connectivity index (χ1n) is 9.55. The molecule has 1 aliphatic heterocycles. The van der Waals surface area contributed by atoms with Gasteiger partial charge in [-0.15, -0.1) is 0 Å². The molecule has 3 aromatic rings. The van der Waals surface area contributed by atoms with Crippen molar-refractivity contribution in [2.45, 2.75) is 51.9 Å². The second kappa shape index (κ2) is 7.87. The Labute approximate surface area is 155 Å². The molecular weight excluding hydrogens is 322 g/mol. The molecule has 1 saturated heterocycles. The zero-order chi connectivity index (χ0) is 17.8. The molecule has 2 aromatic heterocycles. The number of hydrogen-bond acceptors (Lipinski definition) is 3. The van der Waals surface area contributed by atoms with E-state index in [9.17, 15) is 0 Å². The van der Waals surface area contributed by atoms with E-state index in [-0.39, 0.29) is 0 Å². The fourth-order valence-electron chi connectivity index (χ4n) is 3.86. The van der Waals surface area contributed by atoms with Gasteiger partial charge in [0.25, 0.3) is 0 Å². The number of benzene rings is 1. The van der Waals surface area contributed by atoms with Crippen molar-refractivity contribution in [2.75, 3.05) is 6.54 Å². The number of likely N-dealkylation sites (tertiary alicyclic amines) is 1. The van der Waals surface area contributed by atoms with E-state index in [1.165, 1.54) is 30.4 Å². The summed E-state index contributed by atoms with van der Waals surface area (Å²) in [7, 11) is 0. The largest absolute Gasteiger partial charge is 0.329 e. The third-order valence-electron chi connectivity index (χ3n) is 5.25. The molecule has 5 nitrogen and oxygen atoms in total. The molecule has 0 unspecified atom stereocenters. The maximum absolute atomic E-state index is 4.65. The van der Waals surface area contributed by atoms with E-state index in [1.807, 2.05) is 12.4 Å². The van der Waals surface area contributed by atoms with Crippen LogP contribution in [0.3, 0.4) is 0 Å². The van der Waals surface area contributed by atoms with Crippen LogP contribution in [0.25, 0.3) is 0 Å². The van der Waals surface area contributed by atoms with Crippen LogP contribution < -0.4 is 0 Å². The molecule has 5 heteroatoms. The number of piperidine rings is 1. The minimum Gasteiger partial charge on any atom is -0.329 e. The summed E-state index contributed by atoms with van der Waals surface area (Å²) in [6.45, 7) is 6.00. The van der Waals surface area contributed by atoms with Gasteiger partial charge in [0, 0.05) is 31.2 Å². The fourth-order valence-corrected chi connectivity index (χ4v) is 3.86. The molecule has 0 radical (unpaired) electrons. The van der Waals surface area contributed by atoms with E-state index in [1.54, 1.807) is 0 Å². The first kappa shape index (κ1) is 17.0. The first-order chi connectivity index (χ1) is 12.8. The zero-order valence-electron chi connectivity index (χ0n) is 15.5. The average molecular weight is 349 g/mol. The highest BCUT2D eigenvalue weighted by Gasteiger charge is 2.24. The predicted molar refractivity (Wildman–Crippen MR) is 103 cm³/mol. The molecule has 1 fully saturated rings. The van der Waals surface area contributed by atoms with Crippen LogP contribution in [-0.2, 0) is 19.6 Å². The molecule has 0 aliphatic carbocycles. The number of hydrogen-bond donors (Lipinski definition) is 0. The standard InChI is InChI=1S/C21H27N5/c1-18-13-23-26(14-18)16-20-9-5-6-11-24(20)17-21-22-10-12-25(21)15-19-7-3-2-4-8-19/h2-4,7-8,10,12-14,20H,5-6,9,11,15-17H2,1H3/t20-/m1/s1. The van der Waals surface area contributed by atoms with Gasteiger partial charge >= 0.3 is 0 Å². The average Bonchev–Trinajstić information content (AvgIpc) is 3.26. The highest BCUT2D eigenvalue weighted by molar-refractivity contribution is 5.15. The van der Waals surface area contributed by atoms with Gasteiger partial charge in [-0.2, -0.15) is 5.10 Å². The van der Waals surface area contributed by atoms with Crippen molar-refractivity contribution in [3.05, 3.63) is 72.1 Å². The van der Waals surface area contributed by atoms with Crippen LogP contribution in [0.15, 0.2) is 55.1 Å². The summed E-state index contributed by atoms with van der Waals surface area (Å²) in [4.78, 5) is 7.24. The summed E-state index contributed by atoms with van der Waals surface area (Å²) >= 11 is 0. The lowest BCUT2D eigenvalue weighted by atomic mass is 10.0. The van der Waals surface area contributed by atoms with Gasteiger partial charge in [-0.1, -0.05) is 36.8 Å². The molecule has 0 spiro atoms. The molecular formula is C21H27N5. The lowest BCUT2D eigenvalue weighted by Gasteiger charge is -2.35. The van der Waals surface area contributed by atoms with Gasteiger partial charge in [0.15, 0.2) is 0 Å². The highest BCUT2D eigenvalue weighted by atomic mass is 15.3. The van der Waals surface area contributed by atoms with Gasteiger partial charge in [0.05, 0.1) is 19.3 Å². The summed E-state index contributed by atoms with van der Waals surface area (Å²) in [6.07, 6.45) is 11.9. The van der Waals surface area contributed by atoms with Gasteiger partial charge in [0.2, 0.25) is 0 Å². The normalized spacial score (nSPS) is 18.3. The van der Waals surface area contributed by atoms with E-state index in [4.69, 9.17) is 0 Å². The fraction of sp³-hybridized carbons (Fsp3) is 0.429. The quantitative estimate of drug-likeness (QED) is 0.684. The Hall–Kier alpha value is -2.40. The summed E-state index contributed by atoms with van der Waals surface area (Å²) in [5.41, 5.74) is 2.54. The van der Waals surface area contributed by atoms with Crippen LogP contribution in [0.4, 0.5) is 0 Å². The molecule has 4 rings (SSSR count). The molecule has 0 saturated carbocycles. The second-order valence-corrected chi connectivity index (χ2v) is 7.32. The molecule has 0 bridgehead atoms. The van der Waals surface area contributed by atoms with E-state index >= 15 is 0 Å². The number of aromatic nitrogens is 4. The van der Waals surface area contributed by atoms with E-state index in [0.29, 0.717) is 6.04 Å². The topological polar surface area (TPSA) is 38.9 Å². The Morgan fingerprint density at radius 3 is 2.81 bits per heavy atom. The Morgan fingerprint density at radius 1 is 1.12 bits per heavy atom. The highest BCUT2D eigenvalue weighted by Crippen LogP contribution is 2.21. The summed E-state index contributed by atoms with van der Waals surface area (Å²) < 4.78 is 4.37. The molecule has 26 heavy (non-hydrogen) atoms. The van der Waals surface area contributed by atoms with Crippen LogP contribution >= 0.6 is 0 Å². The minimum absolute atomic E-state index is 0.532. The first-order valence-corrected chi connectivity index (χ1v) is 9.55. The van der Waals surface area contributed by atoms with Gasteiger partial charge < -0.3 is 4.57 Å². The zero-order valence-corrected chi connectivity index (χ0v) is 15.5. The molecule has 3 heterocycles. The van der Waals surface area contributed by atoms with Gasteiger partial charge in [-0.25, -0.2) is 4.98 Å². The SMILES string of the molecule is Cc1cnn(C[C@H]2CCCCN2Cc2nccn2Cc2ccccc2)c1.